The van der Waals surface area contributed by atoms with Crippen molar-refractivity contribution in [2.45, 2.75) is 65.0 Å². The van der Waals surface area contributed by atoms with Gasteiger partial charge < -0.3 is 10.2 Å². The number of carbonyl (C=O) groups is 1. The molecule has 1 aromatic heterocycles. The van der Waals surface area contributed by atoms with E-state index in [0.717, 1.165) is 42.1 Å². The average molecular weight is 350 g/mol. The van der Waals surface area contributed by atoms with Crippen molar-refractivity contribution < 1.29 is 4.79 Å². The zero-order valence-electron chi connectivity index (χ0n) is 15.3. The summed E-state index contributed by atoms with van der Waals surface area (Å²) in [5.74, 6) is 2.12. The first-order valence-electron chi connectivity index (χ1n) is 9.19. The van der Waals surface area contributed by atoms with Crippen molar-refractivity contribution in [3.05, 3.63) is 29.6 Å². The van der Waals surface area contributed by atoms with Crippen LogP contribution in [0.5, 0.6) is 0 Å². The molecule has 0 aliphatic heterocycles. The molecule has 2 rings (SSSR count). The number of hydrogen-bond donors (Lipinski definition) is 1. The van der Waals surface area contributed by atoms with Crippen LogP contribution in [-0.2, 0) is 0 Å². The third-order valence-corrected chi connectivity index (χ3v) is 5.61. The van der Waals surface area contributed by atoms with Gasteiger partial charge in [0.25, 0.3) is 0 Å². The first-order valence-corrected chi connectivity index (χ1v) is 10.3. The van der Waals surface area contributed by atoms with Gasteiger partial charge in [-0.1, -0.05) is 32.3 Å². The minimum Gasteiger partial charge on any atom is -0.331 e. The van der Waals surface area contributed by atoms with E-state index in [1.54, 1.807) is 0 Å². The van der Waals surface area contributed by atoms with Crippen LogP contribution in [0.15, 0.2) is 18.3 Å². The Morgan fingerprint density at radius 2 is 2.12 bits per heavy atom. The van der Waals surface area contributed by atoms with Crippen molar-refractivity contribution in [3.8, 4) is 0 Å². The van der Waals surface area contributed by atoms with E-state index < -0.39 is 0 Å². The summed E-state index contributed by atoms with van der Waals surface area (Å²) < 4.78 is 0. The second kappa shape index (κ2) is 9.92. The van der Waals surface area contributed by atoms with Gasteiger partial charge in [-0.25, -0.2) is 4.79 Å². The Hall–Kier alpha value is -1.23. The molecular weight excluding hydrogens is 318 g/mol. The quantitative estimate of drug-likeness (QED) is 0.735. The highest BCUT2D eigenvalue weighted by atomic mass is 32.2. The summed E-state index contributed by atoms with van der Waals surface area (Å²) in [6, 6.07) is 4.50. The van der Waals surface area contributed by atoms with Gasteiger partial charge in [-0.2, -0.15) is 11.8 Å². The van der Waals surface area contributed by atoms with E-state index in [1.165, 1.54) is 19.3 Å². The second-order valence-electron chi connectivity index (χ2n) is 6.59. The molecule has 134 valence electrons. The molecule has 0 unspecified atom stereocenters. The van der Waals surface area contributed by atoms with Crippen LogP contribution in [0.25, 0.3) is 0 Å². The minimum absolute atomic E-state index is 0.0180. The van der Waals surface area contributed by atoms with Gasteiger partial charge in [0.05, 0.1) is 6.04 Å². The van der Waals surface area contributed by atoms with Crippen LogP contribution in [0.1, 0.15) is 63.3 Å². The molecule has 0 saturated heterocycles. The number of aryl methyl sites for hydroxylation is 1. The summed E-state index contributed by atoms with van der Waals surface area (Å²) in [6.07, 6.45) is 7.94. The summed E-state index contributed by atoms with van der Waals surface area (Å²) in [5, 5.41) is 3.18. The van der Waals surface area contributed by atoms with Crippen LogP contribution in [0, 0.1) is 6.92 Å². The van der Waals surface area contributed by atoms with Gasteiger partial charge in [0.1, 0.15) is 0 Å². The lowest BCUT2D eigenvalue weighted by molar-refractivity contribution is 0.158. The Labute approximate surface area is 150 Å². The van der Waals surface area contributed by atoms with Crippen molar-refractivity contribution in [2.75, 3.05) is 18.1 Å². The smallest absolute Gasteiger partial charge is 0.318 e. The number of thioether (sulfide) groups is 1. The van der Waals surface area contributed by atoms with Crippen LogP contribution in [0.4, 0.5) is 4.79 Å². The largest absolute Gasteiger partial charge is 0.331 e. The third-order valence-electron chi connectivity index (χ3n) is 4.73. The highest BCUT2D eigenvalue weighted by molar-refractivity contribution is 7.99. The van der Waals surface area contributed by atoms with E-state index in [2.05, 4.69) is 22.1 Å². The molecule has 1 atom stereocenters. The fraction of sp³-hybridized carbons (Fsp3) is 0.684. The SMILES string of the molecule is CCSCCN(C(=O)N[C@H](C)c1ccc(C)nc1)C1CCCCC1. The fourth-order valence-electron chi connectivity index (χ4n) is 3.24. The number of rotatable bonds is 7. The standard InChI is InChI=1S/C19H31N3OS/c1-4-24-13-12-22(18-8-6-5-7-9-18)19(23)21-16(3)17-11-10-15(2)20-14-17/h10-11,14,16,18H,4-9,12-13H2,1-3H3,(H,21,23)/t16-/m1/s1. The number of hydrogen-bond acceptors (Lipinski definition) is 3. The molecule has 0 aromatic carbocycles. The van der Waals surface area contributed by atoms with Crippen molar-refractivity contribution in [1.29, 1.82) is 0 Å². The van der Waals surface area contributed by atoms with Crippen LogP contribution in [0.3, 0.4) is 0 Å². The maximum atomic E-state index is 12.9. The Kier molecular flexibility index (Phi) is 7.89. The number of amides is 2. The molecule has 5 heteroatoms. The summed E-state index contributed by atoms with van der Waals surface area (Å²) in [4.78, 5) is 19.3. The zero-order valence-corrected chi connectivity index (χ0v) is 16.1. The number of nitrogens with one attached hydrogen (secondary N) is 1. The minimum atomic E-state index is -0.0180. The molecule has 4 nitrogen and oxygen atoms in total. The summed E-state index contributed by atoms with van der Waals surface area (Å²) in [6.45, 7) is 7.02. The van der Waals surface area contributed by atoms with Crippen LogP contribution < -0.4 is 5.32 Å². The monoisotopic (exact) mass is 349 g/mol. The Morgan fingerprint density at radius 1 is 1.38 bits per heavy atom. The Morgan fingerprint density at radius 3 is 2.75 bits per heavy atom. The van der Waals surface area contributed by atoms with E-state index in [-0.39, 0.29) is 12.1 Å². The van der Waals surface area contributed by atoms with Gasteiger partial charge in [0.2, 0.25) is 0 Å². The first kappa shape index (κ1) is 19.1. The molecule has 1 aromatic rings. The average Bonchev–Trinajstić information content (AvgIpc) is 2.60. The number of aromatic nitrogens is 1. The predicted octanol–water partition coefficient (Wildman–Crippen LogP) is 4.55. The van der Waals surface area contributed by atoms with Crippen LogP contribution in [0.2, 0.25) is 0 Å². The van der Waals surface area contributed by atoms with Gasteiger partial charge in [0, 0.05) is 30.2 Å². The van der Waals surface area contributed by atoms with Gasteiger partial charge >= 0.3 is 6.03 Å². The Balaban J connectivity index is 1.98. The van der Waals surface area contributed by atoms with Crippen molar-refractivity contribution in [1.82, 2.24) is 15.2 Å². The molecule has 1 heterocycles. The van der Waals surface area contributed by atoms with E-state index in [9.17, 15) is 4.79 Å². The highest BCUT2D eigenvalue weighted by Crippen LogP contribution is 2.23. The van der Waals surface area contributed by atoms with Crippen molar-refractivity contribution in [2.24, 2.45) is 0 Å². The number of pyridine rings is 1. The number of carbonyl (C=O) groups excluding carboxylic acids is 1. The fourth-order valence-corrected chi connectivity index (χ4v) is 3.85. The lowest BCUT2D eigenvalue weighted by atomic mass is 9.94. The normalized spacial score (nSPS) is 16.6. The molecule has 1 N–H and O–H groups in total. The lowest BCUT2D eigenvalue weighted by Gasteiger charge is -2.35. The van der Waals surface area contributed by atoms with Crippen LogP contribution >= 0.6 is 11.8 Å². The topological polar surface area (TPSA) is 45.2 Å². The summed E-state index contributed by atoms with van der Waals surface area (Å²) >= 11 is 1.90. The van der Waals surface area contributed by atoms with Gasteiger partial charge in [-0.3, -0.25) is 4.98 Å². The molecule has 1 aliphatic carbocycles. The van der Waals surface area contributed by atoms with Gasteiger partial charge in [-0.05, 0) is 44.1 Å². The maximum absolute atomic E-state index is 12.9. The van der Waals surface area contributed by atoms with E-state index in [0.29, 0.717) is 6.04 Å². The number of nitrogens with zero attached hydrogens (tertiary/aromatic N) is 2. The van der Waals surface area contributed by atoms with E-state index in [4.69, 9.17) is 0 Å². The molecule has 1 fully saturated rings. The molecule has 0 bridgehead atoms. The molecule has 1 saturated carbocycles. The van der Waals surface area contributed by atoms with Crippen molar-refractivity contribution in [3.63, 3.8) is 0 Å². The number of urea groups is 1. The summed E-state index contributed by atoms with van der Waals surface area (Å²) in [5.41, 5.74) is 2.05. The summed E-state index contributed by atoms with van der Waals surface area (Å²) in [7, 11) is 0. The first-order chi connectivity index (χ1) is 11.6. The molecule has 0 radical (unpaired) electrons. The molecule has 24 heavy (non-hydrogen) atoms. The van der Waals surface area contributed by atoms with E-state index >= 15 is 0 Å². The maximum Gasteiger partial charge on any atom is 0.318 e. The molecule has 0 spiro atoms. The highest BCUT2D eigenvalue weighted by Gasteiger charge is 2.26. The lowest BCUT2D eigenvalue weighted by Crippen LogP contribution is -2.48. The predicted molar refractivity (Wildman–Crippen MR) is 102 cm³/mol. The van der Waals surface area contributed by atoms with Crippen molar-refractivity contribution >= 4 is 17.8 Å². The van der Waals surface area contributed by atoms with E-state index in [1.807, 2.05) is 43.9 Å². The Bertz CT molecular complexity index is 500. The second-order valence-corrected chi connectivity index (χ2v) is 7.98. The van der Waals surface area contributed by atoms with Crippen LogP contribution in [-0.4, -0.2) is 40.0 Å². The third kappa shape index (κ3) is 5.69. The molecule has 2 amide bonds. The molecule has 1 aliphatic rings. The van der Waals surface area contributed by atoms with Gasteiger partial charge in [-0.15, -0.1) is 0 Å². The van der Waals surface area contributed by atoms with Gasteiger partial charge in [0.15, 0.2) is 0 Å². The zero-order chi connectivity index (χ0) is 17.4. The molecular formula is C19H31N3OS.